The van der Waals surface area contributed by atoms with Gasteiger partial charge in [0.1, 0.15) is 5.56 Å². The number of aromatic nitrogens is 1. The van der Waals surface area contributed by atoms with Crippen molar-refractivity contribution in [2.75, 3.05) is 7.11 Å². The fourth-order valence-electron chi connectivity index (χ4n) is 0.989. The number of hydrogen-bond donors (Lipinski definition) is 0. The van der Waals surface area contributed by atoms with E-state index in [1.54, 1.807) is 19.9 Å². The van der Waals surface area contributed by atoms with Gasteiger partial charge in [0.05, 0.1) is 19.4 Å². The number of carbonyl (C=O) groups is 1. The summed E-state index contributed by atoms with van der Waals surface area (Å²) in [5, 5.41) is 0. The second-order valence-electron chi connectivity index (χ2n) is 3.03. The van der Waals surface area contributed by atoms with Gasteiger partial charge < -0.3 is 9.47 Å². The van der Waals surface area contributed by atoms with Crippen LogP contribution in [0.25, 0.3) is 0 Å². The first-order valence-corrected chi connectivity index (χ1v) is 4.34. The highest BCUT2D eigenvalue weighted by atomic mass is 16.5. The van der Waals surface area contributed by atoms with E-state index in [-0.39, 0.29) is 12.1 Å². The number of ether oxygens (including phenoxy) is 2. The van der Waals surface area contributed by atoms with Gasteiger partial charge in [-0.2, -0.15) is 0 Å². The monoisotopic (exact) mass is 195 g/mol. The summed E-state index contributed by atoms with van der Waals surface area (Å²) in [5.74, 6) is 0.0393. The van der Waals surface area contributed by atoms with Crippen molar-refractivity contribution in [3.05, 3.63) is 24.0 Å². The lowest BCUT2D eigenvalue weighted by atomic mass is 10.2. The van der Waals surface area contributed by atoms with Gasteiger partial charge in [0.2, 0.25) is 0 Å². The van der Waals surface area contributed by atoms with Gasteiger partial charge in [-0.1, -0.05) is 0 Å². The second-order valence-corrected chi connectivity index (χ2v) is 3.03. The fourth-order valence-corrected chi connectivity index (χ4v) is 0.989. The number of rotatable bonds is 3. The number of methoxy groups -OCH3 is 1. The van der Waals surface area contributed by atoms with Crippen molar-refractivity contribution < 1.29 is 14.3 Å². The highest BCUT2D eigenvalue weighted by Gasteiger charge is 2.14. The van der Waals surface area contributed by atoms with Gasteiger partial charge in [0, 0.05) is 6.20 Å². The molecule has 1 aromatic rings. The molecule has 0 aliphatic carbocycles. The molecule has 0 saturated carbocycles. The molecule has 0 radical (unpaired) electrons. The van der Waals surface area contributed by atoms with E-state index in [1.807, 2.05) is 0 Å². The Labute approximate surface area is 82.9 Å². The molecule has 0 atom stereocenters. The standard InChI is InChI=1S/C10H13NO3/c1-7(2)14-10(12)8-4-5-11-6-9(8)13-3/h4-7H,1-3H3. The number of hydrogen-bond acceptors (Lipinski definition) is 4. The molecule has 0 fully saturated rings. The van der Waals surface area contributed by atoms with Gasteiger partial charge in [0.15, 0.2) is 5.75 Å². The summed E-state index contributed by atoms with van der Waals surface area (Å²) in [6, 6.07) is 1.57. The van der Waals surface area contributed by atoms with Crippen LogP contribution in [0.2, 0.25) is 0 Å². The Morgan fingerprint density at radius 1 is 1.50 bits per heavy atom. The molecule has 0 amide bonds. The van der Waals surface area contributed by atoms with Crippen molar-refractivity contribution in [1.29, 1.82) is 0 Å². The van der Waals surface area contributed by atoms with Crippen LogP contribution in [0.1, 0.15) is 24.2 Å². The molecule has 4 nitrogen and oxygen atoms in total. The van der Waals surface area contributed by atoms with Crippen LogP contribution in [-0.4, -0.2) is 24.2 Å². The van der Waals surface area contributed by atoms with Crippen molar-refractivity contribution in [2.45, 2.75) is 20.0 Å². The Balaban J connectivity index is 2.88. The fraction of sp³-hybridized carbons (Fsp3) is 0.400. The molecular formula is C10H13NO3. The van der Waals surface area contributed by atoms with Crippen molar-refractivity contribution in [3.63, 3.8) is 0 Å². The molecule has 0 aliphatic heterocycles. The third-order valence-corrected chi connectivity index (χ3v) is 1.57. The average molecular weight is 195 g/mol. The molecular weight excluding hydrogens is 182 g/mol. The van der Waals surface area contributed by atoms with E-state index >= 15 is 0 Å². The van der Waals surface area contributed by atoms with Gasteiger partial charge in [-0.25, -0.2) is 4.79 Å². The minimum Gasteiger partial charge on any atom is -0.494 e. The third-order valence-electron chi connectivity index (χ3n) is 1.57. The molecule has 0 spiro atoms. The van der Waals surface area contributed by atoms with E-state index in [4.69, 9.17) is 9.47 Å². The summed E-state index contributed by atoms with van der Waals surface area (Å²) in [4.78, 5) is 15.3. The minimum atomic E-state index is -0.390. The first-order valence-electron chi connectivity index (χ1n) is 4.34. The Hall–Kier alpha value is -1.58. The van der Waals surface area contributed by atoms with Crippen molar-refractivity contribution >= 4 is 5.97 Å². The van der Waals surface area contributed by atoms with Gasteiger partial charge in [0.25, 0.3) is 0 Å². The summed E-state index contributed by atoms with van der Waals surface area (Å²) >= 11 is 0. The molecule has 4 heteroatoms. The summed E-state index contributed by atoms with van der Waals surface area (Å²) < 4.78 is 10.0. The zero-order chi connectivity index (χ0) is 10.6. The lowest BCUT2D eigenvalue weighted by molar-refractivity contribution is 0.0374. The van der Waals surface area contributed by atoms with Crippen molar-refractivity contribution in [3.8, 4) is 5.75 Å². The van der Waals surface area contributed by atoms with Crippen LogP contribution in [0.5, 0.6) is 5.75 Å². The highest BCUT2D eigenvalue weighted by molar-refractivity contribution is 5.92. The molecule has 0 unspecified atom stereocenters. The normalized spacial score (nSPS) is 10.0. The maximum Gasteiger partial charge on any atom is 0.342 e. The lowest BCUT2D eigenvalue weighted by Crippen LogP contribution is -2.12. The molecule has 1 heterocycles. The van der Waals surface area contributed by atoms with Crippen LogP contribution >= 0.6 is 0 Å². The van der Waals surface area contributed by atoms with E-state index in [0.29, 0.717) is 11.3 Å². The maximum atomic E-state index is 11.5. The van der Waals surface area contributed by atoms with E-state index in [9.17, 15) is 4.79 Å². The highest BCUT2D eigenvalue weighted by Crippen LogP contribution is 2.17. The van der Waals surface area contributed by atoms with Crippen LogP contribution < -0.4 is 4.74 Å². The Kier molecular flexibility index (Phi) is 3.45. The van der Waals surface area contributed by atoms with Gasteiger partial charge in [-0.05, 0) is 19.9 Å². The molecule has 14 heavy (non-hydrogen) atoms. The van der Waals surface area contributed by atoms with E-state index in [1.165, 1.54) is 19.5 Å². The molecule has 0 aliphatic rings. The second kappa shape index (κ2) is 4.60. The summed E-state index contributed by atoms with van der Waals surface area (Å²) in [6.07, 6.45) is 2.87. The molecule has 1 aromatic heterocycles. The summed E-state index contributed by atoms with van der Waals surface area (Å²) in [5.41, 5.74) is 0.399. The average Bonchev–Trinajstić information content (AvgIpc) is 2.16. The van der Waals surface area contributed by atoms with Gasteiger partial charge in [-0.3, -0.25) is 4.98 Å². The summed E-state index contributed by atoms with van der Waals surface area (Å²) in [6.45, 7) is 3.59. The van der Waals surface area contributed by atoms with Gasteiger partial charge >= 0.3 is 5.97 Å². The van der Waals surface area contributed by atoms with Gasteiger partial charge in [-0.15, -0.1) is 0 Å². The van der Waals surface area contributed by atoms with Crippen LogP contribution in [-0.2, 0) is 4.74 Å². The molecule has 0 bridgehead atoms. The molecule has 76 valence electrons. The van der Waals surface area contributed by atoms with E-state index in [2.05, 4.69) is 4.98 Å². The predicted molar refractivity (Wildman–Crippen MR) is 51.3 cm³/mol. The topological polar surface area (TPSA) is 48.4 Å². The van der Waals surface area contributed by atoms with Crippen molar-refractivity contribution in [2.24, 2.45) is 0 Å². The van der Waals surface area contributed by atoms with Crippen LogP contribution in [0.15, 0.2) is 18.5 Å². The number of esters is 1. The number of pyridine rings is 1. The minimum absolute atomic E-state index is 0.139. The number of nitrogens with zero attached hydrogens (tertiary/aromatic N) is 1. The SMILES string of the molecule is COc1cnccc1C(=O)OC(C)C. The smallest absolute Gasteiger partial charge is 0.342 e. The van der Waals surface area contributed by atoms with Crippen molar-refractivity contribution in [1.82, 2.24) is 4.98 Å². The quantitative estimate of drug-likeness (QED) is 0.688. The van der Waals surface area contributed by atoms with Crippen LogP contribution in [0.3, 0.4) is 0 Å². The first-order chi connectivity index (χ1) is 6.65. The largest absolute Gasteiger partial charge is 0.494 e. The van der Waals surface area contributed by atoms with E-state index < -0.39 is 0 Å². The maximum absolute atomic E-state index is 11.5. The summed E-state index contributed by atoms with van der Waals surface area (Å²) in [7, 11) is 1.49. The number of carbonyl (C=O) groups excluding carboxylic acids is 1. The molecule has 0 saturated heterocycles. The first kappa shape index (κ1) is 10.5. The van der Waals surface area contributed by atoms with Crippen LogP contribution in [0.4, 0.5) is 0 Å². The Bertz CT molecular complexity index is 323. The molecule has 0 aromatic carbocycles. The molecule has 1 rings (SSSR count). The zero-order valence-electron chi connectivity index (χ0n) is 8.48. The zero-order valence-corrected chi connectivity index (χ0v) is 8.48. The predicted octanol–water partition coefficient (Wildman–Crippen LogP) is 1.66. The third kappa shape index (κ3) is 2.45. The Morgan fingerprint density at radius 2 is 2.21 bits per heavy atom. The molecule has 0 N–H and O–H groups in total. The van der Waals surface area contributed by atoms with E-state index in [0.717, 1.165) is 0 Å². The Morgan fingerprint density at radius 3 is 2.79 bits per heavy atom. The van der Waals surface area contributed by atoms with Crippen LogP contribution in [0, 0.1) is 0 Å². The lowest BCUT2D eigenvalue weighted by Gasteiger charge is -2.09.